The van der Waals surface area contributed by atoms with Crippen LogP contribution in [0, 0.1) is 23.7 Å². The first-order valence-corrected chi connectivity index (χ1v) is 11.5. The minimum Gasteiger partial charge on any atom is -0.496 e. The number of rotatable bonds is 6. The molecule has 4 aliphatic carbocycles. The topological polar surface area (TPSA) is 50.8 Å². The third kappa shape index (κ3) is 3.98. The summed E-state index contributed by atoms with van der Waals surface area (Å²) in [6, 6.07) is 8.44. The molecule has 1 N–H and O–H groups in total. The van der Waals surface area contributed by atoms with Crippen molar-refractivity contribution in [1.82, 2.24) is 10.2 Å². The van der Waals surface area contributed by atoms with Gasteiger partial charge < -0.3 is 19.7 Å². The molecular weight excluding hydrogens is 364 g/mol. The highest BCUT2D eigenvalue weighted by molar-refractivity contribution is 5.75. The number of urea groups is 1. The summed E-state index contributed by atoms with van der Waals surface area (Å²) >= 11 is 0. The number of ether oxygens (including phenoxy) is 2. The lowest BCUT2D eigenvalue weighted by Gasteiger charge is -2.54. The summed E-state index contributed by atoms with van der Waals surface area (Å²) in [5.41, 5.74) is 1.05. The highest BCUT2D eigenvalue weighted by Gasteiger charge is 2.48. The van der Waals surface area contributed by atoms with Crippen LogP contribution in [0.4, 0.5) is 4.79 Å². The largest absolute Gasteiger partial charge is 0.496 e. The molecule has 0 radical (unpaired) electrons. The van der Waals surface area contributed by atoms with Gasteiger partial charge in [-0.3, -0.25) is 0 Å². The van der Waals surface area contributed by atoms with Crippen molar-refractivity contribution >= 4 is 6.03 Å². The van der Waals surface area contributed by atoms with Crippen molar-refractivity contribution in [1.29, 1.82) is 0 Å². The molecule has 1 saturated heterocycles. The van der Waals surface area contributed by atoms with Gasteiger partial charge in [-0.15, -0.1) is 0 Å². The summed E-state index contributed by atoms with van der Waals surface area (Å²) in [5, 5.41) is 3.48. The molecule has 1 aliphatic heterocycles. The quantitative estimate of drug-likeness (QED) is 0.781. The molecule has 5 fully saturated rings. The Balaban J connectivity index is 1.30. The predicted molar refractivity (Wildman–Crippen MR) is 112 cm³/mol. The lowest BCUT2D eigenvalue weighted by Crippen LogP contribution is -2.58. The maximum atomic E-state index is 13.4. The van der Waals surface area contributed by atoms with Crippen molar-refractivity contribution in [2.24, 2.45) is 23.7 Å². The summed E-state index contributed by atoms with van der Waals surface area (Å²) < 4.78 is 11.4. The molecule has 5 aliphatic rings. The van der Waals surface area contributed by atoms with Crippen LogP contribution in [0.3, 0.4) is 0 Å². The molecule has 29 heavy (non-hydrogen) atoms. The average Bonchev–Trinajstić information content (AvgIpc) is 3.23. The van der Waals surface area contributed by atoms with E-state index in [1.165, 1.54) is 32.1 Å². The van der Waals surface area contributed by atoms with Gasteiger partial charge in [0.25, 0.3) is 0 Å². The van der Waals surface area contributed by atoms with Crippen molar-refractivity contribution in [2.45, 2.75) is 63.6 Å². The van der Waals surface area contributed by atoms with Crippen LogP contribution in [0.15, 0.2) is 24.3 Å². The number of carbonyl (C=O) groups is 1. The van der Waals surface area contributed by atoms with E-state index in [0.29, 0.717) is 31.0 Å². The molecule has 5 nitrogen and oxygen atoms in total. The molecule has 5 heteroatoms. The zero-order valence-corrected chi connectivity index (χ0v) is 17.5. The van der Waals surface area contributed by atoms with E-state index in [2.05, 4.69) is 11.4 Å². The number of benzene rings is 1. The fraction of sp³-hybridized carbons (Fsp3) is 0.708. The van der Waals surface area contributed by atoms with E-state index in [4.69, 9.17) is 9.47 Å². The van der Waals surface area contributed by atoms with Crippen LogP contribution in [0.2, 0.25) is 0 Å². The molecule has 4 bridgehead atoms. The van der Waals surface area contributed by atoms with E-state index < -0.39 is 0 Å². The molecule has 1 unspecified atom stereocenters. The summed E-state index contributed by atoms with van der Waals surface area (Å²) in [5.74, 6) is 4.05. The van der Waals surface area contributed by atoms with Gasteiger partial charge in [0.1, 0.15) is 5.75 Å². The van der Waals surface area contributed by atoms with Gasteiger partial charge >= 0.3 is 6.03 Å². The van der Waals surface area contributed by atoms with Crippen LogP contribution in [0.1, 0.15) is 50.5 Å². The van der Waals surface area contributed by atoms with Crippen LogP contribution in [0.5, 0.6) is 5.75 Å². The average molecular weight is 399 g/mol. The summed E-state index contributed by atoms with van der Waals surface area (Å²) in [7, 11) is 1.69. The molecule has 6 rings (SSSR count). The Bertz CT molecular complexity index is 703. The lowest BCUT2D eigenvalue weighted by atomic mass is 9.54. The van der Waals surface area contributed by atoms with Crippen LogP contribution < -0.4 is 10.1 Å². The molecule has 2 amide bonds. The first-order chi connectivity index (χ1) is 14.2. The Hall–Kier alpha value is -1.75. The fourth-order valence-electron chi connectivity index (χ4n) is 6.69. The number of nitrogens with one attached hydrogen (secondary N) is 1. The number of carbonyl (C=O) groups excluding carboxylic acids is 1. The molecule has 4 saturated carbocycles. The number of nitrogens with zero attached hydrogens (tertiary/aromatic N) is 1. The standard InChI is InChI=1S/C24H34N2O3/c1-28-22-7-3-2-5-18(22)14-26(15-21-6-4-8-29-21)24(27)25-23-19-10-16-9-17(12-19)13-20(23)11-16/h2-3,5,7,16-17,19-21,23H,4,6,8-15H2,1H3,(H,25,27). The minimum atomic E-state index is 0.0730. The number of para-hydroxylation sites is 1. The zero-order chi connectivity index (χ0) is 19.8. The second-order valence-electron chi connectivity index (χ2n) is 9.73. The fourth-order valence-corrected chi connectivity index (χ4v) is 6.69. The third-order valence-electron chi connectivity index (χ3n) is 7.81. The van der Waals surface area contributed by atoms with E-state index >= 15 is 0 Å². The van der Waals surface area contributed by atoms with E-state index in [-0.39, 0.29) is 12.1 Å². The third-order valence-corrected chi connectivity index (χ3v) is 7.81. The Kier molecular flexibility index (Phi) is 5.42. The second-order valence-corrected chi connectivity index (χ2v) is 9.73. The molecule has 1 aromatic carbocycles. The van der Waals surface area contributed by atoms with Crippen molar-refractivity contribution in [3.8, 4) is 5.75 Å². The highest BCUT2D eigenvalue weighted by atomic mass is 16.5. The second kappa shape index (κ2) is 8.17. The first kappa shape index (κ1) is 19.2. The molecule has 0 spiro atoms. The monoisotopic (exact) mass is 398 g/mol. The van der Waals surface area contributed by atoms with Crippen LogP contribution in [0.25, 0.3) is 0 Å². The normalized spacial score (nSPS) is 34.9. The predicted octanol–water partition coefficient (Wildman–Crippen LogP) is 4.21. The molecule has 1 aromatic rings. The Morgan fingerprint density at radius 3 is 2.52 bits per heavy atom. The molecular formula is C24H34N2O3. The molecule has 1 atom stereocenters. The Morgan fingerprint density at radius 1 is 1.14 bits per heavy atom. The van der Waals surface area contributed by atoms with Crippen LogP contribution >= 0.6 is 0 Å². The van der Waals surface area contributed by atoms with Crippen molar-refractivity contribution in [3.63, 3.8) is 0 Å². The van der Waals surface area contributed by atoms with E-state index in [1.807, 2.05) is 23.1 Å². The van der Waals surface area contributed by atoms with Crippen molar-refractivity contribution in [2.75, 3.05) is 20.3 Å². The maximum Gasteiger partial charge on any atom is 0.318 e. The van der Waals surface area contributed by atoms with Crippen LogP contribution in [-0.4, -0.2) is 43.3 Å². The van der Waals surface area contributed by atoms with E-state index in [1.54, 1.807) is 7.11 Å². The smallest absolute Gasteiger partial charge is 0.318 e. The van der Waals surface area contributed by atoms with Crippen LogP contribution in [-0.2, 0) is 11.3 Å². The number of hydrogen-bond donors (Lipinski definition) is 1. The van der Waals surface area contributed by atoms with Gasteiger partial charge in [0, 0.05) is 24.8 Å². The van der Waals surface area contributed by atoms with Gasteiger partial charge in [0.05, 0.1) is 19.8 Å². The molecule has 158 valence electrons. The lowest BCUT2D eigenvalue weighted by molar-refractivity contribution is -0.0119. The number of methoxy groups -OCH3 is 1. The van der Waals surface area contributed by atoms with E-state index in [9.17, 15) is 4.79 Å². The number of amides is 2. The van der Waals surface area contributed by atoms with E-state index in [0.717, 1.165) is 42.6 Å². The highest BCUT2D eigenvalue weighted by Crippen LogP contribution is 2.53. The zero-order valence-electron chi connectivity index (χ0n) is 17.5. The Labute approximate surface area is 174 Å². The van der Waals surface area contributed by atoms with Gasteiger partial charge in [0.2, 0.25) is 0 Å². The first-order valence-electron chi connectivity index (χ1n) is 11.5. The number of hydrogen-bond acceptors (Lipinski definition) is 3. The minimum absolute atomic E-state index is 0.0730. The SMILES string of the molecule is COc1ccccc1CN(CC1CCCO1)C(=O)NC1C2CC3CC(C2)CC1C3. The van der Waals surface area contributed by atoms with Gasteiger partial charge in [-0.2, -0.15) is 0 Å². The molecule has 1 heterocycles. The van der Waals surface area contributed by atoms with Gasteiger partial charge in [0.15, 0.2) is 0 Å². The van der Waals surface area contributed by atoms with Gasteiger partial charge in [-0.1, -0.05) is 18.2 Å². The maximum absolute atomic E-state index is 13.4. The Morgan fingerprint density at radius 2 is 1.86 bits per heavy atom. The van der Waals surface area contributed by atoms with Gasteiger partial charge in [-0.25, -0.2) is 4.79 Å². The van der Waals surface area contributed by atoms with Crippen molar-refractivity contribution < 1.29 is 14.3 Å². The molecule has 0 aromatic heterocycles. The summed E-state index contributed by atoms with van der Waals surface area (Å²) in [4.78, 5) is 15.4. The summed E-state index contributed by atoms with van der Waals surface area (Å²) in [6.07, 6.45) is 8.97. The summed E-state index contributed by atoms with van der Waals surface area (Å²) in [6.45, 7) is 2.02. The van der Waals surface area contributed by atoms with Gasteiger partial charge in [-0.05, 0) is 74.7 Å². The van der Waals surface area contributed by atoms with Crippen molar-refractivity contribution in [3.05, 3.63) is 29.8 Å².